The molecule has 41 heavy (non-hydrogen) atoms. The third-order valence-electron chi connectivity index (χ3n) is 6.92. The maximum atomic E-state index is 13.2. The summed E-state index contributed by atoms with van der Waals surface area (Å²) in [6, 6.07) is 17.6. The van der Waals surface area contributed by atoms with Gasteiger partial charge in [0.1, 0.15) is 26.6 Å². The van der Waals surface area contributed by atoms with E-state index in [1.54, 1.807) is 29.5 Å². The van der Waals surface area contributed by atoms with Crippen LogP contribution in [0.5, 0.6) is 0 Å². The van der Waals surface area contributed by atoms with Crippen molar-refractivity contribution in [3.8, 4) is 33.3 Å². The first-order valence-electron chi connectivity index (χ1n) is 12.2. The number of thiophene rings is 2. The summed E-state index contributed by atoms with van der Waals surface area (Å²) in [7, 11) is 0. The monoisotopic (exact) mass is 578 g/mol. The third-order valence-corrected chi connectivity index (χ3v) is 9.15. The zero-order chi connectivity index (χ0) is 28.5. The second-order valence-corrected chi connectivity index (χ2v) is 11.7. The van der Waals surface area contributed by atoms with Crippen LogP contribution >= 0.6 is 22.7 Å². The second-order valence-electron chi connectivity index (χ2n) is 9.33. The lowest BCUT2D eigenvalue weighted by atomic mass is 10.1. The molecule has 0 N–H and O–H groups in total. The Morgan fingerprint density at radius 3 is 1.61 bits per heavy atom. The molecule has 0 saturated heterocycles. The Balaban J connectivity index is 1.52. The summed E-state index contributed by atoms with van der Waals surface area (Å²) in [5.41, 5.74) is 3.37. The van der Waals surface area contributed by atoms with Crippen molar-refractivity contribution in [2.45, 2.75) is 13.1 Å². The van der Waals surface area contributed by atoms with Crippen molar-refractivity contribution < 1.29 is 13.2 Å². The number of hydrogen-bond acceptors (Lipinski definition) is 8. The Labute approximate surface area is 237 Å². The van der Waals surface area contributed by atoms with Gasteiger partial charge in [-0.25, -0.2) is 9.97 Å². The van der Waals surface area contributed by atoms with E-state index in [0.29, 0.717) is 65.3 Å². The van der Waals surface area contributed by atoms with E-state index in [1.165, 1.54) is 10.9 Å². The number of nitriles is 2. The highest BCUT2D eigenvalue weighted by molar-refractivity contribution is 7.15. The van der Waals surface area contributed by atoms with Crippen molar-refractivity contribution >= 4 is 66.3 Å². The Bertz CT molecular complexity index is 2410. The molecule has 3 heterocycles. The highest BCUT2D eigenvalue weighted by Gasteiger charge is 2.32. The second kappa shape index (κ2) is 9.03. The minimum atomic E-state index is -4.43. The molecule has 0 amide bonds. The fourth-order valence-corrected chi connectivity index (χ4v) is 6.89. The summed E-state index contributed by atoms with van der Waals surface area (Å²) in [6.45, 7) is 2.04. The lowest BCUT2D eigenvalue weighted by molar-refractivity contribution is -0.134. The Kier molecular flexibility index (Phi) is 5.51. The molecule has 0 atom stereocenters. The van der Waals surface area contributed by atoms with E-state index in [9.17, 15) is 23.7 Å². The zero-order valence-corrected chi connectivity index (χ0v) is 22.5. The quantitative estimate of drug-likeness (QED) is 0.198. The SMILES string of the molecule is Cc1ccc(-c2ccc3c(c2)/c(=N\C#N)c2nc4c(nc23)/c(=N\C#N)c2cc(-c3ccc(C(F)(F)F)s3)ccc24)s1. The van der Waals surface area contributed by atoms with Crippen molar-refractivity contribution in [3.63, 3.8) is 0 Å². The van der Waals surface area contributed by atoms with Gasteiger partial charge in [-0.3, -0.25) is 0 Å². The van der Waals surface area contributed by atoms with E-state index in [-0.39, 0.29) is 0 Å². The van der Waals surface area contributed by atoms with Crippen molar-refractivity contribution in [2.75, 3.05) is 0 Å². The van der Waals surface area contributed by atoms with Crippen LogP contribution in [0, 0.1) is 29.8 Å². The molecule has 0 radical (unpaired) electrons. The fraction of sp³-hybridized carbons (Fsp3) is 0.0667. The molecule has 0 saturated carbocycles. The molecule has 0 spiro atoms. The van der Waals surface area contributed by atoms with Crippen molar-refractivity contribution in [3.05, 3.63) is 81.1 Å². The Hall–Kier alpha value is -4.97. The van der Waals surface area contributed by atoms with Crippen LogP contribution in [-0.2, 0) is 6.18 Å². The van der Waals surface area contributed by atoms with E-state index in [0.717, 1.165) is 27.3 Å². The van der Waals surface area contributed by atoms with E-state index >= 15 is 0 Å². The largest absolute Gasteiger partial charge is 0.425 e. The van der Waals surface area contributed by atoms with Gasteiger partial charge in [-0.15, -0.1) is 22.7 Å². The number of rotatable bonds is 2. The molecule has 196 valence electrons. The number of hydrogen-bond donors (Lipinski definition) is 0. The predicted octanol–water partition coefficient (Wildman–Crippen LogP) is 7.51. The van der Waals surface area contributed by atoms with Crippen LogP contribution in [0.1, 0.15) is 9.75 Å². The van der Waals surface area contributed by atoms with Crippen LogP contribution in [0.2, 0.25) is 0 Å². The Morgan fingerprint density at radius 1 is 0.659 bits per heavy atom. The van der Waals surface area contributed by atoms with Crippen molar-refractivity contribution in [1.82, 2.24) is 9.97 Å². The molecule has 7 aromatic rings. The first-order chi connectivity index (χ1) is 19.8. The molecular formula is C30H13F3N6S2. The summed E-state index contributed by atoms with van der Waals surface area (Å²) in [4.78, 5) is 19.9. The molecule has 0 aliphatic carbocycles. The molecule has 7 rings (SSSR count). The average molecular weight is 579 g/mol. The van der Waals surface area contributed by atoms with E-state index < -0.39 is 11.1 Å². The van der Waals surface area contributed by atoms with Crippen LogP contribution in [0.4, 0.5) is 13.2 Å². The number of aryl methyl sites for hydroxylation is 1. The van der Waals surface area contributed by atoms with Crippen LogP contribution in [0.15, 0.2) is 70.6 Å². The minimum absolute atomic E-state index is 0.292. The van der Waals surface area contributed by atoms with Crippen LogP contribution in [0.25, 0.3) is 64.5 Å². The highest BCUT2D eigenvalue weighted by Crippen LogP contribution is 2.39. The van der Waals surface area contributed by atoms with Gasteiger partial charge in [0, 0.05) is 36.2 Å². The van der Waals surface area contributed by atoms with Gasteiger partial charge in [-0.1, -0.05) is 24.3 Å². The van der Waals surface area contributed by atoms with E-state index in [1.807, 2.05) is 49.6 Å². The molecule has 3 aromatic heterocycles. The fourth-order valence-electron chi connectivity index (χ4n) is 5.16. The number of aromatic nitrogens is 2. The van der Waals surface area contributed by atoms with Gasteiger partial charge in [-0.05, 0) is 54.4 Å². The number of alkyl halides is 3. The summed E-state index contributed by atoms with van der Waals surface area (Å²) < 4.78 is 39.6. The number of nitrogens with zero attached hydrogens (tertiary/aromatic N) is 6. The minimum Gasteiger partial charge on any atom is -0.241 e. The van der Waals surface area contributed by atoms with Gasteiger partial charge in [-0.2, -0.15) is 33.7 Å². The van der Waals surface area contributed by atoms with Crippen molar-refractivity contribution in [1.29, 1.82) is 10.5 Å². The highest BCUT2D eigenvalue weighted by atomic mass is 32.1. The van der Waals surface area contributed by atoms with Gasteiger partial charge in [0.2, 0.25) is 12.4 Å². The molecule has 0 aliphatic heterocycles. The molecule has 0 fully saturated rings. The summed E-state index contributed by atoms with van der Waals surface area (Å²) >= 11 is 2.31. The average Bonchev–Trinajstić information content (AvgIpc) is 3.73. The molecule has 4 aromatic carbocycles. The summed E-state index contributed by atoms with van der Waals surface area (Å²) in [5, 5.41) is 22.4. The lowest BCUT2D eigenvalue weighted by Gasteiger charge is -2.01. The predicted molar refractivity (Wildman–Crippen MR) is 153 cm³/mol. The first-order valence-corrected chi connectivity index (χ1v) is 13.8. The third kappa shape index (κ3) is 3.90. The molecule has 0 unspecified atom stereocenters. The maximum absolute atomic E-state index is 13.2. The topological polar surface area (TPSA) is 98.1 Å². The maximum Gasteiger partial charge on any atom is 0.425 e. The van der Waals surface area contributed by atoms with Gasteiger partial charge in [0.25, 0.3) is 0 Å². The molecule has 0 bridgehead atoms. The smallest absolute Gasteiger partial charge is 0.241 e. The van der Waals surface area contributed by atoms with Gasteiger partial charge < -0.3 is 0 Å². The molecule has 6 nitrogen and oxygen atoms in total. The van der Waals surface area contributed by atoms with Gasteiger partial charge in [0.05, 0.1) is 11.0 Å². The molecule has 11 heteroatoms. The zero-order valence-electron chi connectivity index (χ0n) is 20.9. The van der Waals surface area contributed by atoms with E-state index in [2.05, 4.69) is 9.98 Å². The number of benzene rings is 2. The van der Waals surface area contributed by atoms with Gasteiger partial charge >= 0.3 is 6.18 Å². The summed E-state index contributed by atoms with van der Waals surface area (Å²) in [5.74, 6) is 0. The molecule has 0 aliphatic rings. The van der Waals surface area contributed by atoms with Crippen LogP contribution in [0.3, 0.4) is 0 Å². The van der Waals surface area contributed by atoms with E-state index in [4.69, 9.17) is 9.97 Å². The standard InChI is InChI=1S/C30H13F3N6S2/c1-14-2-7-21(40-14)15-3-5-17-19(10-15)24(36-12-34)28-26(17)38-29-25(37-13-35)20-11-16(4-6-18(20)27(29)39-28)22-8-9-23(41-22)30(31,32)33/h2-11H,1H3/b36-24+,37-25-. The molecular weight excluding hydrogens is 566 g/mol. The lowest BCUT2D eigenvalue weighted by Crippen LogP contribution is -2.03. The van der Waals surface area contributed by atoms with Crippen LogP contribution in [-0.4, -0.2) is 9.97 Å². The van der Waals surface area contributed by atoms with Crippen molar-refractivity contribution in [2.24, 2.45) is 9.98 Å². The number of fused-ring (bicyclic) bond motifs is 6. The first kappa shape index (κ1) is 25.0. The summed E-state index contributed by atoms with van der Waals surface area (Å²) in [6.07, 6.45) is -0.718. The van der Waals surface area contributed by atoms with Gasteiger partial charge in [0.15, 0.2) is 0 Å². The van der Waals surface area contributed by atoms with Crippen LogP contribution < -0.4 is 10.7 Å². The normalized spacial score (nSPS) is 13.1. The number of halogens is 3. The Morgan fingerprint density at radius 2 is 1.17 bits per heavy atom.